The van der Waals surface area contributed by atoms with E-state index in [2.05, 4.69) is 15.3 Å². The summed E-state index contributed by atoms with van der Waals surface area (Å²) in [5.41, 5.74) is 6.15. The zero-order valence-electron chi connectivity index (χ0n) is 12.9. The van der Waals surface area contributed by atoms with Crippen molar-refractivity contribution in [2.75, 3.05) is 25.2 Å². The summed E-state index contributed by atoms with van der Waals surface area (Å²) in [5.74, 6) is 0.490. The van der Waals surface area contributed by atoms with E-state index < -0.39 is 7.60 Å². The van der Waals surface area contributed by atoms with Crippen LogP contribution in [0.3, 0.4) is 0 Å². The topological polar surface area (TPSA) is 105 Å². The van der Waals surface area contributed by atoms with Gasteiger partial charge in [-0.1, -0.05) is 11.6 Å². The minimum absolute atomic E-state index is 0.135. The highest BCUT2D eigenvalue weighted by Gasteiger charge is 2.36. The molecule has 0 atom stereocenters. The number of thioether (sulfide) groups is 1. The van der Waals surface area contributed by atoms with Gasteiger partial charge in [-0.25, -0.2) is 0 Å². The molecule has 0 aliphatic heterocycles. The van der Waals surface area contributed by atoms with Gasteiger partial charge >= 0.3 is 7.60 Å². The van der Waals surface area contributed by atoms with Gasteiger partial charge in [0.05, 0.1) is 13.2 Å². The molecule has 0 aliphatic carbocycles. The number of anilines is 1. The van der Waals surface area contributed by atoms with Crippen molar-refractivity contribution in [1.29, 1.82) is 0 Å². The highest BCUT2D eigenvalue weighted by Crippen LogP contribution is 2.50. The molecular formula is C12H17ClN5O3PS. The van der Waals surface area contributed by atoms with Crippen LogP contribution in [-0.4, -0.2) is 39.4 Å². The van der Waals surface area contributed by atoms with Crippen LogP contribution in [0, 0.1) is 0 Å². The summed E-state index contributed by atoms with van der Waals surface area (Å²) in [6.45, 7) is 3.90. The first kappa shape index (κ1) is 18.2. The molecule has 23 heavy (non-hydrogen) atoms. The smallest absolute Gasteiger partial charge is 0.367 e. The molecule has 0 unspecified atom stereocenters. The van der Waals surface area contributed by atoms with Crippen LogP contribution in [0.15, 0.2) is 17.2 Å². The van der Waals surface area contributed by atoms with Crippen LogP contribution < -0.4 is 11.0 Å². The highest BCUT2D eigenvalue weighted by molar-refractivity contribution is 7.99. The van der Waals surface area contributed by atoms with Crippen molar-refractivity contribution in [1.82, 2.24) is 20.0 Å². The van der Waals surface area contributed by atoms with E-state index in [0.29, 0.717) is 10.8 Å². The Balaban J connectivity index is 2.60. The zero-order chi connectivity index (χ0) is 17.0. The third kappa shape index (κ3) is 3.70. The molecule has 0 spiro atoms. The molecule has 0 bridgehead atoms. The van der Waals surface area contributed by atoms with Crippen molar-refractivity contribution in [3.05, 3.63) is 17.3 Å². The number of hydrogen-bond acceptors (Lipinski definition) is 8. The number of nitrogens with zero attached hydrogens (tertiary/aromatic N) is 4. The number of hydrogen-bond donors (Lipinski definition) is 1. The van der Waals surface area contributed by atoms with Gasteiger partial charge < -0.3 is 14.8 Å². The second kappa shape index (κ2) is 7.63. The van der Waals surface area contributed by atoms with E-state index in [9.17, 15) is 4.57 Å². The summed E-state index contributed by atoms with van der Waals surface area (Å²) in [7, 11) is -3.58. The van der Waals surface area contributed by atoms with Gasteiger partial charge in [0.1, 0.15) is 16.1 Å². The first-order valence-corrected chi connectivity index (χ1v) is 9.93. The molecule has 11 heteroatoms. The first-order chi connectivity index (χ1) is 11.0. The quantitative estimate of drug-likeness (QED) is 0.579. The van der Waals surface area contributed by atoms with Crippen molar-refractivity contribution in [3.63, 3.8) is 0 Å². The fourth-order valence-electron chi connectivity index (χ4n) is 1.90. The van der Waals surface area contributed by atoms with Gasteiger partial charge in [0.15, 0.2) is 11.0 Å². The van der Waals surface area contributed by atoms with E-state index in [1.807, 2.05) is 0 Å². The molecular weight excluding hydrogens is 361 g/mol. The number of halogens is 1. The minimum Gasteiger partial charge on any atom is -0.383 e. The second-order valence-electron chi connectivity index (χ2n) is 4.20. The standard InChI is InChI=1S/C12H17ClN5O3PS/c1-4-20-22(19,21-5-2)10-11(14)18(17-12(10)23-3)9-7-6-8(13)15-16-9/h6-7H,4-5,14H2,1-3H3. The Morgan fingerprint density at radius 2 is 1.96 bits per heavy atom. The Morgan fingerprint density at radius 1 is 1.30 bits per heavy atom. The first-order valence-electron chi connectivity index (χ1n) is 6.78. The molecule has 2 rings (SSSR count). The lowest BCUT2D eigenvalue weighted by Gasteiger charge is -2.17. The fraction of sp³-hybridized carbons (Fsp3) is 0.417. The summed E-state index contributed by atoms with van der Waals surface area (Å²) < 4.78 is 25.2. The van der Waals surface area contributed by atoms with Gasteiger partial charge in [-0.3, -0.25) is 4.57 Å². The number of rotatable bonds is 7. The van der Waals surface area contributed by atoms with Crippen LogP contribution in [0.2, 0.25) is 5.15 Å². The summed E-state index contributed by atoms with van der Waals surface area (Å²) in [5, 5.41) is 13.0. The van der Waals surface area contributed by atoms with Gasteiger partial charge in [0.25, 0.3) is 0 Å². The van der Waals surface area contributed by atoms with Crippen LogP contribution in [0.25, 0.3) is 5.82 Å². The predicted octanol–water partition coefficient (Wildman–Crippen LogP) is 2.51. The Morgan fingerprint density at radius 3 is 2.43 bits per heavy atom. The monoisotopic (exact) mass is 377 g/mol. The Labute approximate surface area is 143 Å². The molecule has 0 aromatic carbocycles. The number of nitrogens with two attached hydrogens (primary N) is 1. The molecule has 2 heterocycles. The van der Waals surface area contributed by atoms with Crippen LogP contribution >= 0.6 is 31.0 Å². The molecule has 0 radical (unpaired) electrons. The summed E-state index contributed by atoms with van der Waals surface area (Å²) in [6.07, 6.45) is 1.80. The lowest BCUT2D eigenvalue weighted by atomic mass is 10.5. The second-order valence-corrected chi connectivity index (χ2v) is 7.34. The van der Waals surface area contributed by atoms with Gasteiger partial charge in [-0.15, -0.1) is 22.0 Å². The maximum absolute atomic E-state index is 13.1. The summed E-state index contributed by atoms with van der Waals surface area (Å²) >= 11 is 7.02. The fourth-order valence-corrected chi connectivity index (χ4v) is 4.74. The van der Waals surface area contributed by atoms with Crippen LogP contribution in [0.5, 0.6) is 0 Å². The van der Waals surface area contributed by atoms with Gasteiger partial charge in [0.2, 0.25) is 0 Å². The van der Waals surface area contributed by atoms with Crippen molar-refractivity contribution >= 4 is 42.1 Å². The summed E-state index contributed by atoms with van der Waals surface area (Å²) in [4.78, 5) is 0. The predicted molar refractivity (Wildman–Crippen MR) is 90.8 cm³/mol. The molecule has 8 nitrogen and oxygen atoms in total. The maximum atomic E-state index is 13.1. The summed E-state index contributed by atoms with van der Waals surface area (Å²) in [6, 6.07) is 3.17. The van der Waals surface area contributed by atoms with E-state index in [1.165, 1.54) is 16.4 Å². The van der Waals surface area contributed by atoms with Crippen molar-refractivity contribution in [2.24, 2.45) is 0 Å². The van der Waals surface area contributed by atoms with Crippen LogP contribution in [0.1, 0.15) is 13.8 Å². The zero-order valence-corrected chi connectivity index (χ0v) is 15.4. The van der Waals surface area contributed by atoms with Crippen LogP contribution in [0.4, 0.5) is 5.82 Å². The lowest BCUT2D eigenvalue weighted by molar-refractivity contribution is 0.229. The van der Waals surface area contributed by atoms with E-state index in [-0.39, 0.29) is 29.5 Å². The van der Waals surface area contributed by atoms with Crippen molar-refractivity contribution in [3.8, 4) is 5.82 Å². The average molecular weight is 378 g/mol. The molecule has 2 N–H and O–H groups in total. The molecule has 2 aromatic rings. The van der Waals surface area contributed by atoms with Crippen molar-refractivity contribution in [2.45, 2.75) is 18.9 Å². The molecule has 0 saturated carbocycles. The lowest BCUT2D eigenvalue weighted by Crippen LogP contribution is -2.16. The van der Waals surface area contributed by atoms with E-state index in [1.54, 1.807) is 32.2 Å². The SMILES string of the molecule is CCOP(=O)(OCC)c1c(SC)nn(-c2ccc(Cl)nn2)c1N. The Hall–Kier alpha value is -1.12. The molecule has 0 saturated heterocycles. The average Bonchev–Trinajstić information content (AvgIpc) is 2.86. The largest absolute Gasteiger partial charge is 0.383 e. The van der Waals surface area contributed by atoms with E-state index in [4.69, 9.17) is 26.4 Å². The molecule has 126 valence electrons. The molecule has 0 fully saturated rings. The van der Waals surface area contributed by atoms with Crippen molar-refractivity contribution < 1.29 is 13.6 Å². The van der Waals surface area contributed by atoms with Gasteiger partial charge in [0, 0.05) is 0 Å². The molecule has 2 aromatic heterocycles. The molecule has 0 amide bonds. The van der Waals surface area contributed by atoms with Crippen LogP contribution in [-0.2, 0) is 13.6 Å². The third-order valence-electron chi connectivity index (χ3n) is 2.76. The maximum Gasteiger partial charge on any atom is 0.367 e. The van der Waals surface area contributed by atoms with E-state index >= 15 is 0 Å². The Kier molecular flexibility index (Phi) is 6.05. The number of nitrogen functional groups attached to an aromatic ring is 1. The highest BCUT2D eigenvalue weighted by atomic mass is 35.5. The number of aromatic nitrogens is 4. The van der Waals surface area contributed by atoms with Gasteiger partial charge in [-0.2, -0.15) is 9.78 Å². The molecule has 0 aliphatic rings. The van der Waals surface area contributed by atoms with E-state index in [0.717, 1.165) is 0 Å². The van der Waals surface area contributed by atoms with Gasteiger partial charge in [-0.05, 0) is 32.2 Å². The Bertz CT molecular complexity index is 714. The minimum atomic E-state index is -3.58. The third-order valence-corrected chi connectivity index (χ3v) is 5.97. The normalized spacial score (nSPS) is 11.8.